The van der Waals surface area contributed by atoms with Gasteiger partial charge >= 0.3 is 11.1 Å². The van der Waals surface area contributed by atoms with E-state index in [0.29, 0.717) is 23.4 Å². The van der Waals surface area contributed by atoms with Gasteiger partial charge in [-0.15, -0.1) is 0 Å². The van der Waals surface area contributed by atoms with Gasteiger partial charge in [0.2, 0.25) is 0 Å². The molecule has 114 valence electrons. The van der Waals surface area contributed by atoms with Crippen molar-refractivity contribution in [1.82, 2.24) is 9.97 Å². The Bertz CT molecular complexity index is 752. The Morgan fingerprint density at radius 3 is 2.24 bits per heavy atom. The topological polar surface area (TPSA) is 85.9 Å². The molecule has 5 heteroatoms. The molecule has 5 nitrogen and oxygen atoms in total. The molecule has 1 aromatic carbocycles. The zero-order valence-electron chi connectivity index (χ0n) is 12.9. The zero-order valence-corrected chi connectivity index (χ0v) is 12.9. The van der Waals surface area contributed by atoms with Gasteiger partial charge in [0.1, 0.15) is 0 Å². The number of aliphatic hydroxyl groups is 1. The summed E-state index contributed by atoms with van der Waals surface area (Å²) < 4.78 is 0. The lowest BCUT2D eigenvalue weighted by Crippen LogP contribution is -2.29. The van der Waals surface area contributed by atoms with E-state index in [1.807, 2.05) is 0 Å². The number of hydrogen-bond donors (Lipinski definition) is 3. The monoisotopic (exact) mass is 290 g/mol. The van der Waals surface area contributed by atoms with Crippen molar-refractivity contribution in [3.05, 3.63) is 44.5 Å². The summed E-state index contributed by atoms with van der Waals surface area (Å²) in [5, 5.41) is 10.4. The first-order valence-electron chi connectivity index (χ1n) is 7.13. The van der Waals surface area contributed by atoms with Crippen LogP contribution in [0.5, 0.6) is 0 Å². The van der Waals surface area contributed by atoms with Crippen molar-refractivity contribution < 1.29 is 5.11 Å². The van der Waals surface area contributed by atoms with Crippen LogP contribution >= 0.6 is 0 Å². The third-order valence-corrected chi connectivity index (χ3v) is 4.19. The number of fused-ring (bicyclic) bond motifs is 1. The van der Waals surface area contributed by atoms with Crippen LogP contribution in [0.15, 0.2) is 27.8 Å². The highest BCUT2D eigenvalue weighted by Crippen LogP contribution is 2.33. The minimum absolute atomic E-state index is 0.122. The van der Waals surface area contributed by atoms with E-state index in [-0.39, 0.29) is 5.41 Å². The molecule has 2 atom stereocenters. The standard InChI is InChI=1S/C16H22N2O3/c1-9(16(2,3)4)7-13(19)10-5-6-11-12(8-10)18-15(21)14(20)17-11/h5-6,8-9,13,19H,7H2,1-4H3,(H,17,20)(H,18,21). The SMILES string of the molecule is CC(CC(O)c1ccc2[nH]c(=O)c(=O)[nH]c2c1)C(C)(C)C. The summed E-state index contributed by atoms with van der Waals surface area (Å²) in [5.74, 6) is 0.345. The molecule has 2 aromatic rings. The van der Waals surface area contributed by atoms with Gasteiger partial charge < -0.3 is 15.1 Å². The average molecular weight is 290 g/mol. The van der Waals surface area contributed by atoms with E-state index < -0.39 is 17.2 Å². The van der Waals surface area contributed by atoms with Gasteiger partial charge in [-0.05, 0) is 35.4 Å². The highest BCUT2D eigenvalue weighted by Gasteiger charge is 2.23. The number of hydrogen-bond acceptors (Lipinski definition) is 3. The predicted octanol–water partition coefficient (Wildman–Crippen LogP) is 2.32. The molecule has 21 heavy (non-hydrogen) atoms. The molecule has 0 aliphatic heterocycles. The molecule has 3 N–H and O–H groups in total. The minimum Gasteiger partial charge on any atom is -0.388 e. The van der Waals surface area contributed by atoms with E-state index >= 15 is 0 Å². The Morgan fingerprint density at radius 1 is 1.10 bits per heavy atom. The molecule has 0 aliphatic carbocycles. The largest absolute Gasteiger partial charge is 0.388 e. The number of H-pyrrole nitrogens is 2. The molecular weight excluding hydrogens is 268 g/mol. The van der Waals surface area contributed by atoms with Crippen LogP contribution < -0.4 is 11.1 Å². The quantitative estimate of drug-likeness (QED) is 0.758. The van der Waals surface area contributed by atoms with Crippen LogP contribution in [0, 0.1) is 11.3 Å². The van der Waals surface area contributed by atoms with Gasteiger partial charge in [-0.25, -0.2) is 0 Å². The number of rotatable bonds is 3. The van der Waals surface area contributed by atoms with Crippen LogP contribution in [0.4, 0.5) is 0 Å². The molecule has 0 aliphatic rings. The summed E-state index contributed by atoms with van der Waals surface area (Å²) in [4.78, 5) is 27.7. The number of benzene rings is 1. The zero-order chi connectivity index (χ0) is 15.8. The van der Waals surface area contributed by atoms with Crippen molar-refractivity contribution in [2.75, 3.05) is 0 Å². The second-order valence-corrected chi connectivity index (χ2v) is 6.73. The highest BCUT2D eigenvalue weighted by molar-refractivity contribution is 5.74. The van der Waals surface area contributed by atoms with Crippen LogP contribution in [0.2, 0.25) is 0 Å². The third kappa shape index (κ3) is 3.42. The van der Waals surface area contributed by atoms with Crippen LogP contribution in [0.3, 0.4) is 0 Å². The predicted molar refractivity (Wildman–Crippen MR) is 83.4 cm³/mol. The smallest absolute Gasteiger partial charge is 0.314 e. The van der Waals surface area contributed by atoms with E-state index in [1.165, 1.54) is 0 Å². The Kier molecular flexibility index (Phi) is 4.05. The Labute approximate surface area is 123 Å². The summed E-state index contributed by atoms with van der Waals surface area (Å²) in [7, 11) is 0. The lowest BCUT2D eigenvalue weighted by molar-refractivity contribution is 0.111. The van der Waals surface area contributed by atoms with Crippen molar-refractivity contribution in [2.24, 2.45) is 11.3 Å². The number of aromatic amines is 2. The van der Waals surface area contributed by atoms with Crippen LogP contribution in [-0.4, -0.2) is 15.1 Å². The number of nitrogens with one attached hydrogen (secondary N) is 2. The fourth-order valence-corrected chi connectivity index (χ4v) is 2.16. The molecule has 1 heterocycles. The van der Waals surface area contributed by atoms with E-state index in [1.54, 1.807) is 18.2 Å². The Morgan fingerprint density at radius 2 is 1.67 bits per heavy atom. The third-order valence-electron chi connectivity index (χ3n) is 4.19. The molecule has 0 fully saturated rings. The van der Waals surface area contributed by atoms with Gasteiger partial charge in [-0.1, -0.05) is 33.8 Å². The maximum atomic E-state index is 11.4. The lowest BCUT2D eigenvalue weighted by Gasteiger charge is -2.29. The van der Waals surface area contributed by atoms with E-state index in [0.717, 1.165) is 5.56 Å². The van der Waals surface area contributed by atoms with Gasteiger partial charge in [0.05, 0.1) is 17.1 Å². The molecule has 0 bridgehead atoms. The first kappa shape index (κ1) is 15.5. The lowest BCUT2D eigenvalue weighted by atomic mass is 9.78. The molecule has 0 saturated carbocycles. The van der Waals surface area contributed by atoms with E-state index in [9.17, 15) is 14.7 Å². The summed E-state index contributed by atoms with van der Waals surface area (Å²) >= 11 is 0. The normalized spacial score (nSPS) is 15.1. The van der Waals surface area contributed by atoms with Crippen LogP contribution in [0.25, 0.3) is 11.0 Å². The second kappa shape index (κ2) is 5.48. The molecule has 0 radical (unpaired) electrons. The van der Waals surface area contributed by atoms with E-state index in [4.69, 9.17) is 0 Å². The van der Waals surface area contributed by atoms with Crippen LogP contribution in [0.1, 0.15) is 45.8 Å². The van der Waals surface area contributed by atoms with E-state index in [2.05, 4.69) is 37.7 Å². The van der Waals surface area contributed by atoms with Crippen molar-refractivity contribution >= 4 is 11.0 Å². The summed E-state index contributed by atoms with van der Waals surface area (Å²) in [6.07, 6.45) is 0.0434. The molecule has 1 aromatic heterocycles. The molecular formula is C16H22N2O3. The van der Waals surface area contributed by atoms with Crippen LogP contribution in [-0.2, 0) is 0 Å². The summed E-state index contributed by atoms with van der Waals surface area (Å²) in [6, 6.07) is 5.19. The molecule has 2 unspecified atom stereocenters. The van der Waals surface area contributed by atoms with Gasteiger partial charge in [0.25, 0.3) is 0 Å². The van der Waals surface area contributed by atoms with Gasteiger partial charge in [-0.3, -0.25) is 9.59 Å². The molecule has 2 rings (SSSR count). The summed E-state index contributed by atoms with van der Waals surface area (Å²) in [5.41, 5.74) is 0.590. The maximum Gasteiger partial charge on any atom is 0.314 e. The number of aliphatic hydroxyl groups excluding tert-OH is 1. The summed E-state index contributed by atoms with van der Waals surface area (Å²) in [6.45, 7) is 8.55. The fourth-order valence-electron chi connectivity index (χ4n) is 2.16. The van der Waals surface area contributed by atoms with Gasteiger partial charge in [-0.2, -0.15) is 0 Å². The highest BCUT2D eigenvalue weighted by atomic mass is 16.3. The van der Waals surface area contributed by atoms with Crippen molar-refractivity contribution in [1.29, 1.82) is 0 Å². The number of aromatic nitrogens is 2. The van der Waals surface area contributed by atoms with Gasteiger partial charge in [0, 0.05) is 0 Å². The Balaban J connectivity index is 2.32. The minimum atomic E-state index is -0.683. The van der Waals surface area contributed by atoms with Crippen molar-refractivity contribution in [3.63, 3.8) is 0 Å². The molecule has 0 amide bonds. The first-order chi connectivity index (χ1) is 9.68. The second-order valence-electron chi connectivity index (χ2n) is 6.73. The first-order valence-corrected chi connectivity index (χ1v) is 7.13. The van der Waals surface area contributed by atoms with Gasteiger partial charge in [0.15, 0.2) is 0 Å². The van der Waals surface area contributed by atoms with Crippen molar-refractivity contribution in [2.45, 2.75) is 40.2 Å². The average Bonchev–Trinajstić information content (AvgIpc) is 2.38. The Hall–Kier alpha value is -1.88. The molecule has 0 saturated heterocycles. The maximum absolute atomic E-state index is 11.4. The fraction of sp³-hybridized carbons (Fsp3) is 0.500. The van der Waals surface area contributed by atoms with Crippen molar-refractivity contribution in [3.8, 4) is 0 Å². The molecule has 0 spiro atoms.